The van der Waals surface area contributed by atoms with Crippen LogP contribution < -0.4 is 10.1 Å². The zero-order valence-electron chi connectivity index (χ0n) is 14.6. The van der Waals surface area contributed by atoms with Crippen molar-refractivity contribution >= 4 is 17.0 Å². The minimum Gasteiger partial charge on any atom is -0.481 e. The van der Waals surface area contributed by atoms with Gasteiger partial charge in [0.1, 0.15) is 11.5 Å². The number of nitrogens with zero attached hydrogens (tertiary/aromatic N) is 4. The van der Waals surface area contributed by atoms with E-state index in [1.807, 2.05) is 18.3 Å². The van der Waals surface area contributed by atoms with Crippen molar-refractivity contribution in [3.05, 3.63) is 71.7 Å². The zero-order valence-corrected chi connectivity index (χ0v) is 14.6. The van der Waals surface area contributed by atoms with Crippen molar-refractivity contribution in [2.24, 2.45) is 0 Å². The lowest BCUT2D eigenvalue weighted by atomic mass is 10.1. The third-order valence-corrected chi connectivity index (χ3v) is 4.16. The van der Waals surface area contributed by atoms with Crippen LogP contribution in [0.5, 0.6) is 5.88 Å². The Kier molecular flexibility index (Phi) is 4.61. The van der Waals surface area contributed by atoms with Crippen LogP contribution in [0.15, 0.2) is 49.2 Å². The predicted octanol–water partition coefficient (Wildman–Crippen LogP) is 3.10. The van der Waals surface area contributed by atoms with E-state index in [1.165, 1.54) is 13.2 Å². The Labute approximate surface area is 154 Å². The molecule has 0 amide bonds. The Balaban J connectivity index is 1.44. The molecule has 4 aromatic heterocycles. The van der Waals surface area contributed by atoms with E-state index in [0.717, 1.165) is 28.4 Å². The summed E-state index contributed by atoms with van der Waals surface area (Å²) in [6.07, 6.45) is 9.07. The number of aromatic nitrogens is 5. The maximum Gasteiger partial charge on any atom is 0.222 e. The lowest BCUT2D eigenvalue weighted by Gasteiger charge is -2.09. The van der Waals surface area contributed by atoms with Crippen molar-refractivity contribution in [2.75, 3.05) is 12.4 Å². The minimum atomic E-state index is -0.419. The van der Waals surface area contributed by atoms with Crippen molar-refractivity contribution in [3.8, 4) is 5.88 Å². The van der Waals surface area contributed by atoms with E-state index in [-0.39, 0.29) is 0 Å². The van der Waals surface area contributed by atoms with Crippen LogP contribution in [0.1, 0.15) is 16.7 Å². The second kappa shape index (κ2) is 7.36. The monoisotopic (exact) mass is 364 g/mol. The van der Waals surface area contributed by atoms with Gasteiger partial charge in [0.25, 0.3) is 0 Å². The fraction of sp³-hybridized carbons (Fsp3) is 0.158. The topological polar surface area (TPSA) is 88.6 Å². The molecule has 2 N–H and O–H groups in total. The summed E-state index contributed by atoms with van der Waals surface area (Å²) in [4.78, 5) is 20.0. The fourth-order valence-corrected chi connectivity index (χ4v) is 2.87. The minimum absolute atomic E-state index is 0.307. The predicted molar refractivity (Wildman–Crippen MR) is 99.0 cm³/mol. The number of aromatic amines is 1. The number of H-pyrrole nitrogens is 1. The second-order valence-electron chi connectivity index (χ2n) is 5.98. The molecule has 0 spiro atoms. The first-order chi connectivity index (χ1) is 13.2. The van der Waals surface area contributed by atoms with Crippen LogP contribution in [0.25, 0.3) is 11.0 Å². The van der Waals surface area contributed by atoms with Crippen molar-refractivity contribution in [1.82, 2.24) is 24.9 Å². The van der Waals surface area contributed by atoms with Crippen LogP contribution in [0.2, 0.25) is 0 Å². The van der Waals surface area contributed by atoms with E-state index < -0.39 is 5.82 Å². The average molecular weight is 364 g/mol. The zero-order chi connectivity index (χ0) is 18.6. The average Bonchev–Trinajstić information content (AvgIpc) is 3.10. The van der Waals surface area contributed by atoms with Gasteiger partial charge in [-0.15, -0.1) is 0 Å². The molecule has 7 nitrogen and oxygen atoms in total. The van der Waals surface area contributed by atoms with Gasteiger partial charge in [-0.05, 0) is 29.3 Å². The molecule has 4 aromatic rings. The highest BCUT2D eigenvalue weighted by Crippen LogP contribution is 2.19. The van der Waals surface area contributed by atoms with Gasteiger partial charge < -0.3 is 15.0 Å². The van der Waals surface area contributed by atoms with Gasteiger partial charge in [0.2, 0.25) is 11.8 Å². The molecule has 0 bridgehead atoms. The van der Waals surface area contributed by atoms with Crippen LogP contribution in [0.4, 0.5) is 10.3 Å². The number of hydrogen-bond acceptors (Lipinski definition) is 6. The third-order valence-electron chi connectivity index (χ3n) is 4.16. The molecule has 0 saturated carbocycles. The molecule has 0 radical (unpaired) electrons. The fourth-order valence-electron chi connectivity index (χ4n) is 2.87. The van der Waals surface area contributed by atoms with Gasteiger partial charge in [-0.1, -0.05) is 0 Å². The van der Waals surface area contributed by atoms with E-state index >= 15 is 0 Å². The molecule has 0 aliphatic heterocycles. The number of nitrogens with one attached hydrogen (secondary N) is 2. The van der Waals surface area contributed by atoms with Gasteiger partial charge in [-0.25, -0.2) is 24.3 Å². The highest BCUT2D eigenvalue weighted by molar-refractivity contribution is 5.79. The number of anilines is 1. The Morgan fingerprint density at radius 1 is 1.11 bits per heavy atom. The normalized spacial score (nSPS) is 10.9. The Bertz CT molecular complexity index is 1060. The summed E-state index contributed by atoms with van der Waals surface area (Å²) in [7, 11) is 1.50. The van der Waals surface area contributed by atoms with Gasteiger partial charge in [0.05, 0.1) is 13.3 Å². The van der Waals surface area contributed by atoms with Gasteiger partial charge >= 0.3 is 0 Å². The number of rotatable bonds is 6. The largest absolute Gasteiger partial charge is 0.481 e. The van der Waals surface area contributed by atoms with Crippen molar-refractivity contribution in [3.63, 3.8) is 0 Å². The summed E-state index contributed by atoms with van der Waals surface area (Å²) in [5.74, 6) is 0.399. The van der Waals surface area contributed by atoms with Gasteiger partial charge in [-0.3, -0.25) is 0 Å². The molecule has 0 unspecified atom stereocenters. The summed E-state index contributed by atoms with van der Waals surface area (Å²) in [6.45, 7) is 0.307. The van der Waals surface area contributed by atoms with E-state index in [0.29, 0.717) is 30.4 Å². The molecule has 0 aliphatic rings. The van der Waals surface area contributed by atoms with Gasteiger partial charge in [0.15, 0.2) is 0 Å². The maximum absolute atomic E-state index is 13.4. The molecule has 0 saturated heterocycles. The standard InChI is InChI=1S/C19H17FN6O/c1-27-18-14(6-15(20)11-23-18)10-26-19-24-7-12(8-25-19)5-13-9-22-17-16(13)3-2-4-21-17/h2-4,6-9,11H,5,10H2,1H3,(H,21,22)(H,24,25,26). The summed E-state index contributed by atoms with van der Waals surface area (Å²) in [6, 6.07) is 5.32. The number of pyridine rings is 2. The summed E-state index contributed by atoms with van der Waals surface area (Å²) < 4.78 is 18.5. The Morgan fingerprint density at radius 2 is 1.96 bits per heavy atom. The third kappa shape index (κ3) is 3.69. The first-order valence-electron chi connectivity index (χ1n) is 8.37. The second-order valence-corrected chi connectivity index (χ2v) is 5.98. The van der Waals surface area contributed by atoms with Crippen LogP contribution in [0.3, 0.4) is 0 Å². The van der Waals surface area contributed by atoms with E-state index in [9.17, 15) is 4.39 Å². The lowest BCUT2D eigenvalue weighted by Crippen LogP contribution is -2.06. The van der Waals surface area contributed by atoms with E-state index in [2.05, 4.69) is 30.2 Å². The van der Waals surface area contributed by atoms with Crippen molar-refractivity contribution in [1.29, 1.82) is 0 Å². The Morgan fingerprint density at radius 3 is 2.78 bits per heavy atom. The van der Waals surface area contributed by atoms with Crippen LogP contribution >= 0.6 is 0 Å². The molecule has 136 valence electrons. The van der Waals surface area contributed by atoms with E-state index in [1.54, 1.807) is 18.6 Å². The molecular weight excluding hydrogens is 347 g/mol. The quantitative estimate of drug-likeness (QED) is 0.547. The highest BCUT2D eigenvalue weighted by atomic mass is 19.1. The molecule has 0 fully saturated rings. The first-order valence-corrected chi connectivity index (χ1v) is 8.37. The van der Waals surface area contributed by atoms with Gasteiger partial charge in [-0.2, -0.15) is 0 Å². The molecule has 4 rings (SSSR count). The number of ether oxygens (including phenoxy) is 1. The van der Waals surface area contributed by atoms with Crippen LogP contribution in [0, 0.1) is 5.82 Å². The number of fused-ring (bicyclic) bond motifs is 1. The summed E-state index contributed by atoms with van der Waals surface area (Å²) >= 11 is 0. The van der Waals surface area contributed by atoms with Crippen molar-refractivity contribution in [2.45, 2.75) is 13.0 Å². The number of hydrogen-bond donors (Lipinski definition) is 2. The molecular formula is C19H17FN6O. The number of methoxy groups -OCH3 is 1. The molecule has 0 aliphatic carbocycles. The lowest BCUT2D eigenvalue weighted by molar-refractivity contribution is 0.391. The molecule has 4 heterocycles. The van der Waals surface area contributed by atoms with Crippen LogP contribution in [-0.2, 0) is 13.0 Å². The first kappa shape index (κ1) is 16.9. The molecule has 0 atom stereocenters. The van der Waals surface area contributed by atoms with E-state index in [4.69, 9.17) is 4.74 Å². The summed E-state index contributed by atoms with van der Waals surface area (Å²) in [5.41, 5.74) is 3.58. The van der Waals surface area contributed by atoms with Crippen LogP contribution in [-0.4, -0.2) is 32.0 Å². The molecule has 8 heteroatoms. The molecule has 27 heavy (non-hydrogen) atoms. The SMILES string of the molecule is COc1ncc(F)cc1CNc1ncc(Cc2c[nH]c3ncccc23)cn1. The smallest absolute Gasteiger partial charge is 0.222 e. The maximum atomic E-state index is 13.4. The molecule has 0 aromatic carbocycles. The number of halogens is 1. The Hall–Kier alpha value is -3.55. The highest BCUT2D eigenvalue weighted by Gasteiger charge is 2.08. The van der Waals surface area contributed by atoms with Crippen molar-refractivity contribution < 1.29 is 9.13 Å². The summed E-state index contributed by atoms with van der Waals surface area (Å²) in [5, 5.41) is 4.14. The van der Waals surface area contributed by atoms with Gasteiger partial charge in [0, 0.05) is 48.7 Å².